The summed E-state index contributed by atoms with van der Waals surface area (Å²) in [6.45, 7) is 7.16. The number of nitrogens with two attached hydrogens (primary N) is 1. The van der Waals surface area contributed by atoms with Crippen LogP contribution in [0.1, 0.15) is 25.8 Å². The number of hydrogen-bond donors (Lipinski definition) is 3. The largest absolute Gasteiger partial charge is 0.445 e. The molecule has 0 aliphatic carbocycles. The van der Waals surface area contributed by atoms with Crippen LogP contribution in [0.4, 0.5) is 4.79 Å². The molecule has 4 N–H and O–H groups in total. The molecule has 0 saturated carbocycles. The molecule has 0 saturated heterocycles. The number of ether oxygens (including phenoxy) is 1. The first-order chi connectivity index (χ1) is 11.8. The topological polar surface area (TPSA) is 111 Å². The average molecular weight is 347 g/mol. The number of carbonyl (C=O) groups is 3. The smallest absolute Gasteiger partial charge is 0.408 e. The summed E-state index contributed by atoms with van der Waals surface area (Å²) in [5, 5.41) is 5.04. The number of alkyl carbamates (subject to hydrolysis) is 1. The quantitative estimate of drug-likeness (QED) is 0.588. The second-order valence-electron chi connectivity index (χ2n) is 5.92. The van der Waals surface area contributed by atoms with E-state index in [0.717, 1.165) is 5.56 Å². The minimum atomic E-state index is -0.867. The van der Waals surface area contributed by atoms with Crippen molar-refractivity contribution >= 4 is 17.9 Å². The Morgan fingerprint density at radius 1 is 1.20 bits per heavy atom. The fourth-order valence-electron chi connectivity index (χ4n) is 2.10. The van der Waals surface area contributed by atoms with Gasteiger partial charge in [0.1, 0.15) is 18.7 Å². The maximum atomic E-state index is 12.4. The van der Waals surface area contributed by atoms with Gasteiger partial charge < -0.3 is 21.1 Å². The molecule has 25 heavy (non-hydrogen) atoms. The highest BCUT2D eigenvalue weighted by Gasteiger charge is 2.27. The summed E-state index contributed by atoms with van der Waals surface area (Å²) in [7, 11) is 0. The van der Waals surface area contributed by atoms with Gasteiger partial charge in [0.15, 0.2) is 0 Å². The van der Waals surface area contributed by atoms with Gasteiger partial charge in [-0.25, -0.2) is 4.79 Å². The molecule has 3 amide bonds. The molecule has 1 rings (SSSR count). The molecule has 0 aliphatic heterocycles. The van der Waals surface area contributed by atoms with Crippen molar-refractivity contribution in [2.75, 3.05) is 0 Å². The normalized spacial score (nSPS) is 12.8. The van der Waals surface area contributed by atoms with Gasteiger partial charge in [0.25, 0.3) is 0 Å². The van der Waals surface area contributed by atoms with E-state index in [-0.39, 0.29) is 18.9 Å². The third-order valence-electron chi connectivity index (χ3n) is 3.50. The van der Waals surface area contributed by atoms with Crippen molar-refractivity contribution < 1.29 is 19.1 Å². The second-order valence-corrected chi connectivity index (χ2v) is 5.92. The van der Waals surface area contributed by atoms with Gasteiger partial charge in [0.2, 0.25) is 11.8 Å². The molecule has 0 radical (unpaired) electrons. The number of amides is 3. The van der Waals surface area contributed by atoms with Crippen molar-refractivity contribution in [2.45, 2.75) is 39.0 Å². The van der Waals surface area contributed by atoms with Crippen molar-refractivity contribution in [3.63, 3.8) is 0 Å². The molecule has 7 nitrogen and oxygen atoms in total. The number of primary amides is 1. The van der Waals surface area contributed by atoms with E-state index < -0.39 is 30.0 Å². The van der Waals surface area contributed by atoms with E-state index in [1.54, 1.807) is 13.8 Å². The standard InChI is InChI=1S/C18H25N3O4/c1-4-8-14(16(19)22)20-17(23)15(12(2)3)21-18(24)25-11-13-9-6-5-7-10-13/h4-7,9-10,12,14-15H,1,8,11H2,2-3H3,(H2,19,22)(H,20,23)(H,21,24)/t14-,15-/m1/s1. The van der Waals surface area contributed by atoms with Gasteiger partial charge in [0.05, 0.1) is 0 Å². The summed E-state index contributed by atoms with van der Waals surface area (Å²) in [4.78, 5) is 35.7. The maximum Gasteiger partial charge on any atom is 0.408 e. The molecule has 7 heteroatoms. The molecular formula is C18H25N3O4. The highest BCUT2D eigenvalue weighted by atomic mass is 16.5. The van der Waals surface area contributed by atoms with Crippen LogP contribution in [-0.4, -0.2) is 30.0 Å². The highest BCUT2D eigenvalue weighted by Crippen LogP contribution is 2.06. The Bertz CT molecular complexity index is 602. The van der Waals surface area contributed by atoms with E-state index >= 15 is 0 Å². The third-order valence-corrected chi connectivity index (χ3v) is 3.50. The van der Waals surface area contributed by atoms with Gasteiger partial charge in [0, 0.05) is 0 Å². The molecule has 0 fully saturated rings. The Hall–Kier alpha value is -2.83. The molecular weight excluding hydrogens is 322 g/mol. The zero-order chi connectivity index (χ0) is 18.8. The molecule has 1 aromatic carbocycles. The summed E-state index contributed by atoms with van der Waals surface area (Å²) in [6.07, 6.45) is 0.989. The number of benzene rings is 1. The van der Waals surface area contributed by atoms with Crippen LogP contribution in [-0.2, 0) is 20.9 Å². The first kappa shape index (κ1) is 20.2. The van der Waals surface area contributed by atoms with Crippen LogP contribution in [0.25, 0.3) is 0 Å². The molecule has 1 aromatic rings. The Balaban J connectivity index is 2.62. The third kappa shape index (κ3) is 7.07. The van der Waals surface area contributed by atoms with Crippen LogP contribution in [0.15, 0.2) is 43.0 Å². The van der Waals surface area contributed by atoms with Gasteiger partial charge in [-0.1, -0.05) is 50.3 Å². The number of carbonyl (C=O) groups excluding carboxylic acids is 3. The van der Waals surface area contributed by atoms with E-state index in [2.05, 4.69) is 17.2 Å². The average Bonchev–Trinajstić information content (AvgIpc) is 2.57. The van der Waals surface area contributed by atoms with Crippen LogP contribution < -0.4 is 16.4 Å². The van der Waals surface area contributed by atoms with Crippen LogP contribution in [0.2, 0.25) is 0 Å². The van der Waals surface area contributed by atoms with Crippen LogP contribution in [0, 0.1) is 5.92 Å². The predicted octanol–water partition coefficient (Wildman–Crippen LogP) is 1.48. The van der Waals surface area contributed by atoms with Crippen LogP contribution in [0.3, 0.4) is 0 Å². The lowest BCUT2D eigenvalue weighted by Crippen LogP contribution is -2.54. The molecule has 0 unspecified atom stereocenters. The number of hydrogen-bond acceptors (Lipinski definition) is 4. The zero-order valence-electron chi connectivity index (χ0n) is 14.5. The maximum absolute atomic E-state index is 12.4. The lowest BCUT2D eigenvalue weighted by atomic mass is 10.0. The number of rotatable bonds is 9. The van der Waals surface area contributed by atoms with Crippen molar-refractivity contribution in [3.05, 3.63) is 48.6 Å². The summed E-state index contributed by atoms with van der Waals surface area (Å²) in [5.74, 6) is -1.37. The fraction of sp³-hybridized carbons (Fsp3) is 0.389. The summed E-state index contributed by atoms with van der Waals surface area (Å²) in [5.41, 5.74) is 6.08. The first-order valence-corrected chi connectivity index (χ1v) is 8.03. The van der Waals surface area contributed by atoms with Gasteiger partial charge in [-0.3, -0.25) is 9.59 Å². The van der Waals surface area contributed by atoms with Gasteiger partial charge in [-0.15, -0.1) is 6.58 Å². The molecule has 0 aliphatic rings. The Morgan fingerprint density at radius 3 is 2.36 bits per heavy atom. The summed E-state index contributed by atoms with van der Waals surface area (Å²) >= 11 is 0. The first-order valence-electron chi connectivity index (χ1n) is 8.03. The molecule has 2 atom stereocenters. The Morgan fingerprint density at radius 2 is 1.84 bits per heavy atom. The van der Waals surface area contributed by atoms with Crippen molar-refractivity contribution in [1.29, 1.82) is 0 Å². The highest BCUT2D eigenvalue weighted by molar-refractivity contribution is 5.90. The van der Waals surface area contributed by atoms with Crippen LogP contribution in [0.5, 0.6) is 0 Å². The minimum Gasteiger partial charge on any atom is -0.445 e. The van der Waals surface area contributed by atoms with E-state index in [4.69, 9.17) is 10.5 Å². The molecule has 136 valence electrons. The summed E-state index contributed by atoms with van der Waals surface area (Å²) < 4.78 is 5.12. The van der Waals surface area contributed by atoms with Crippen molar-refractivity contribution in [1.82, 2.24) is 10.6 Å². The van der Waals surface area contributed by atoms with Gasteiger partial charge in [-0.05, 0) is 17.9 Å². The Kier molecular flexibility index (Phi) is 8.18. The molecule has 0 heterocycles. The monoisotopic (exact) mass is 347 g/mol. The minimum absolute atomic E-state index is 0.0967. The predicted molar refractivity (Wildman–Crippen MR) is 94.3 cm³/mol. The van der Waals surface area contributed by atoms with E-state index in [9.17, 15) is 14.4 Å². The fourth-order valence-corrected chi connectivity index (χ4v) is 2.10. The SMILES string of the molecule is C=CC[C@@H](NC(=O)[C@H](NC(=O)OCc1ccccc1)C(C)C)C(N)=O. The molecule has 0 bridgehead atoms. The molecule has 0 spiro atoms. The van der Waals surface area contributed by atoms with Gasteiger partial charge in [-0.2, -0.15) is 0 Å². The van der Waals surface area contributed by atoms with E-state index in [1.165, 1.54) is 6.08 Å². The zero-order valence-corrected chi connectivity index (χ0v) is 14.5. The summed E-state index contributed by atoms with van der Waals surface area (Å²) in [6, 6.07) is 7.47. The van der Waals surface area contributed by atoms with E-state index in [1.807, 2.05) is 30.3 Å². The van der Waals surface area contributed by atoms with Gasteiger partial charge >= 0.3 is 6.09 Å². The lowest BCUT2D eigenvalue weighted by molar-refractivity contribution is -0.129. The lowest BCUT2D eigenvalue weighted by Gasteiger charge is -2.23. The van der Waals surface area contributed by atoms with Crippen molar-refractivity contribution in [2.24, 2.45) is 11.7 Å². The van der Waals surface area contributed by atoms with Crippen molar-refractivity contribution in [3.8, 4) is 0 Å². The number of nitrogens with one attached hydrogen (secondary N) is 2. The van der Waals surface area contributed by atoms with E-state index in [0.29, 0.717) is 0 Å². The van der Waals surface area contributed by atoms with Crippen LogP contribution >= 0.6 is 0 Å². The second kappa shape index (κ2) is 10.1. The Labute approximate surface area is 147 Å². The molecule has 0 aromatic heterocycles.